The van der Waals surface area contributed by atoms with Crippen LogP contribution in [0.5, 0.6) is 0 Å². The summed E-state index contributed by atoms with van der Waals surface area (Å²) in [6, 6.07) is 15.9. The first-order valence-corrected chi connectivity index (χ1v) is 10.5. The fraction of sp³-hybridized carbons (Fsp3) is 0. The second kappa shape index (κ2) is 8.30. The second-order valence-electron chi connectivity index (χ2n) is 5.72. The lowest BCUT2D eigenvalue weighted by Gasteiger charge is -2.10. The van der Waals surface area contributed by atoms with E-state index in [1.807, 2.05) is 0 Å². The molecule has 0 bridgehead atoms. The standard InChI is InChI=1S/C19H13BrClFN2O3S/c20-13-6-9-18(17(22)10-13)23-19(25)12-4-7-15(8-5-12)24-28(26,27)16-3-1-2-14(21)11-16/h1-11,24H,(H,23,25). The molecular weight excluding hydrogens is 471 g/mol. The lowest BCUT2D eigenvalue weighted by molar-refractivity contribution is 0.102. The van der Waals surface area contributed by atoms with Crippen molar-refractivity contribution in [3.05, 3.63) is 87.6 Å². The van der Waals surface area contributed by atoms with E-state index in [1.54, 1.807) is 12.1 Å². The number of sulfonamides is 1. The first-order chi connectivity index (χ1) is 13.2. The quantitative estimate of drug-likeness (QED) is 0.517. The summed E-state index contributed by atoms with van der Waals surface area (Å²) in [5, 5.41) is 2.77. The third kappa shape index (κ3) is 4.89. The predicted octanol–water partition coefficient (Wildman–Crippen LogP) is 5.29. The summed E-state index contributed by atoms with van der Waals surface area (Å²) < 4.78 is 41.6. The van der Waals surface area contributed by atoms with E-state index < -0.39 is 21.7 Å². The number of hydrogen-bond acceptors (Lipinski definition) is 3. The average Bonchev–Trinajstić information content (AvgIpc) is 2.64. The summed E-state index contributed by atoms with van der Waals surface area (Å²) in [6.45, 7) is 0. The molecule has 0 atom stereocenters. The number of rotatable bonds is 5. The highest BCUT2D eigenvalue weighted by Crippen LogP contribution is 2.22. The first kappa shape index (κ1) is 20.3. The van der Waals surface area contributed by atoms with Gasteiger partial charge in [0, 0.05) is 20.7 Å². The van der Waals surface area contributed by atoms with Crippen LogP contribution in [0.15, 0.2) is 76.1 Å². The normalized spacial score (nSPS) is 11.1. The molecule has 144 valence electrons. The van der Waals surface area contributed by atoms with Gasteiger partial charge in [0.05, 0.1) is 10.6 Å². The van der Waals surface area contributed by atoms with Crippen LogP contribution < -0.4 is 10.0 Å². The van der Waals surface area contributed by atoms with E-state index in [2.05, 4.69) is 26.0 Å². The molecule has 3 rings (SSSR count). The molecular formula is C19H13BrClFN2O3S. The van der Waals surface area contributed by atoms with Gasteiger partial charge < -0.3 is 5.32 Å². The van der Waals surface area contributed by atoms with Crippen molar-refractivity contribution in [1.82, 2.24) is 0 Å². The SMILES string of the molecule is O=C(Nc1ccc(Br)cc1F)c1ccc(NS(=O)(=O)c2cccc(Cl)c2)cc1. The molecule has 0 aliphatic carbocycles. The number of nitrogens with one attached hydrogen (secondary N) is 2. The van der Waals surface area contributed by atoms with Gasteiger partial charge in [0.2, 0.25) is 0 Å². The van der Waals surface area contributed by atoms with E-state index in [0.29, 0.717) is 9.50 Å². The Balaban J connectivity index is 1.73. The number of amides is 1. The minimum absolute atomic E-state index is 0.0209. The van der Waals surface area contributed by atoms with Crippen molar-refractivity contribution in [3.8, 4) is 0 Å². The molecule has 0 aliphatic heterocycles. The van der Waals surface area contributed by atoms with Crippen LogP contribution in [0.3, 0.4) is 0 Å². The highest BCUT2D eigenvalue weighted by atomic mass is 79.9. The Hall–Kier alpha value is -2.42. The molecule has 0 radical (unpaired) electrons. The topological polar surface area (TPSA) is 75.3 Å². The van der Waals surface area contributed by atoms with Gasteiger partial charge in [0.25, 0.3) is 15.9 Å². The van der Waals surface area contributed by atoms with E-state index in [0.717, 1.165) is 0 Å². The molecule has 2 N–H and O–H groups in total. The van der Waals surface area contributed by atoms with Crippen LogP contribution in [0.4, 0.5) is 15.8 Å². The Morgan fingerprint density at radius 1 is 1.00 bits per heavy atom. The van der Waals surface area contributed by atoms with E-state index in [-0.39, 0.29) is 21.8 Å². The van der Waals surface area contributed by atoms with Crippen LogP contribution in [0.25, 0.3) is 0 Å². The van der Waals surface area contributed by atoms with Gasteiger partial charge in [-0.25, -0.2) is 12.8 Å². The third-order valence-corrected chi connectivity index (χ3v) is 5.79. The fourth-order valence-electron chi connectivity index (χ4n) is 2.32. The van der Waals surface area contributed by atoms with Crippen molar-refractivity contribution in [1.29, 1.82) is 0 Å². The maximum Gasteiger partial charge on any atom is 0.261 e. The number of halogens is 3. The summed E-state index contributed by atoms with van der Waals surface area (Å²) in [7, 11) is -3.82. The number of carbonyl (C=O) groups excluding carboxylic acids is 1. The Bertz CT molecular complexity index is 1140. The molecule has 0 unspecified atom stereocenters. The van der Waals surface area contributed by atoms with Crippen molar-refractivity contribution < 1.29 is 17.6 Å². The van der Waals surface area contributed by atoms with Crippen molar-refractivity contribution >= 4 is 54.8 Å². The Morgan fingerprint density at radius 3 is 2.36 bits per heavy atom. The van der Waals surface area contributed by atoms with Crippen LogP contribution >= 0.6 is 27.5 Å². The van der Waals surface area contributed by atoms with Crippen LogP contribution in [-0.2, 0) is 10.0 Å². The smallest absolute Gasteiger partial charge is 0.261 e. The molecule has 0 heterocycles. The number of hydrogen-bond donors (Lipinski definition) is 2. The average molecular weight is 484 g/mol. The van der Waals surface area contributed by atoms with Gasteiger partial charge in [0.15, 0.2) is 0 Å². The molecule has 9 heteroatoms. The molecule has 3 aromatic carbocycles. The van der Waals surface area contributed by atoms with Crippen LogP contribution in [0, 0.1) is 5.82 Å². The van der Waals surface area contributed by atoms with Crippen LogP contribution in [0.2, 0.25) is 5.02 Å². The molecule has 5 nitrogen and oxygen atoms in total. The maximum absolute atomic E-state index is 13.8. The van der Waals surface area contributed by atoms with Gasteiger partial charge >= 0.3 is 0 Å². The van der Waals surface area contributed by atoms with Gasteiger partial charge in [-0.05, 0) is 60.7 Å². The van der Waals surface area contributed by atoms with Gasteiger partial charge in [-0.3, -0.25) is 9.52 Å². The summed E-state index contributed by atoms with van der Waals surface area (Å²) in [5.74, 6) is -1.10. The molecule has 0 aromatic heterocycles. The van der Waals surface area contributed by atoms with Crippen molar-refractivity contribution in [2.75, 3.05) is 10.0 Å². The largest absolute Gasteiger partial charge is 0.319 e. The molecule has 1 amide bonds. The van der Waals surface area contributed by atoms with Crippen molar-refractivity contribution in [3.63, 3.8) is 0 Å². The summed E-state index contributed by atoms with van der Waals surface area (Å²) >= 11 is 8.97. The molecule has 0 saturated heterocycles. The lowest BCUT2D eigenvalue weighted by atomic mass is 10.2. The van der Waals surface area contributed by atoms with Gasteiger partial charge in [0.1, 0.15) is 5.82 Å². The molecule has 0 aliphatic rings. The zero-order valence-electron chi connectivity index (χ0n) is 14.1. The monoisotopic (exact) mass is 482 g/mol. The summed E-state index contributed by atoms with van der Waals surface area (Å²) in [4.78, 5) is 12.3. The fourth-order valence-corrected chi connectivity index (χ4v) is 4.02. The zero-order valence-corrected chi connectivity index (χ0v) is 17.3. The van der Waals surface area contributed by atoms with E-state index >= 15 is 0 Å². The second-order valence-corrected chi connectivity index (χ2v) is 8.75. The predicted molar refractivity (Wildman–Crippen MR) is 111 cm³/mol. The highest BCUT2D eigenvalue weighted by molar-refractivity contribution is 9.10. The lowest BCUT2D eigenvalue weighted by Crippen LogP contribution is -2.14. The minimum atomic E-state index is -3.82. The summed E-state index contributed by atoms with van der Waals surface area (Å²) in [6.07, 6.45) is 0. The Morgan fingerprint density at radius 2 is 1.71 bits per heavy atom. The number of carbonyl (C=O) groups is 1. The molecule has 3 aromatic rings. The van der Waals surface area contributed by atoms with E-state index in [4.69, 9.17) is 11.6 Å². The van der Waals surface area contributed by atoms with Crippen LogP contribution in [0.1, 0.15) is 10.4 Å². The minimum Gasteiger partial charge on any atom is -0.319 e. The van der Waals surface area contributed by atoms with E-state index in [9.17, 15) is 17.6 Å². The molecule has 28 heavy (non-hydrogen) atoms. The number of benzene rings is 3. The van der Waals surface area contributed by atoms with Crippen molar-refractivity contribution in [2.45, 2.75) is 4.90 Å². The number of anilines is 2. The van der Waals surface area contributed by atoms with Gasteiger partial charge in [-0.2, -0.15) is 0 Å². The van der Waals surface area contributed by atoms with Gasteiger partial charge in [-0.1, -0.05) is 33.6 Å². The Labute approximate surface area is 174 Å². The Kier molecular flexibility index (Phi) is 6.02. The van der Waals surface area contributed by atoms with E-state index in [1.165, 1.54) is 54.6 Å². The molecule has 0 spiro atoms. The summed E-state index contributed by atoms with van der Waals surface area (Å²) in [5.41, 5.74) is 0.554. The third-order valence-electron chi connectivity index (χ3n) is 3.69. The first-order valence-electron chi connectivity index (χ1n) is 7.89. The maximum atomic E-state index is 13.8. The van der Waals surface area contributed by atoms with Crippen LogP contribution in [-0.4, -0.2) is 14.3 Å². The van der Waals surface area contributed by atoms with Crippen molar-refractivity contribution in [2.24, 2.45) is 0 Å². The molecule has 0 fully saturated rings. The van der Waals surface area contributed by atoms with Gasteiger partial charge in [-0.15, -0.1) is 0 Å². The molecule has 0 saturated carbocycles. The zero-order chi connectivity index (χ0) is 20.3. The highest BCUT2D eigenvalue weighted by Gasteiger charge is 2.15.